The Morgan fingerprint density at radius 2 is 2.25 bits per heavy atom. The van der Waals surface area contributed by atoms with Crippen molar-refractivity contribution in [3.05, 3.63) is 0 Å². The van der Waals surface area contributed by atoms with Crippen molar-refractivity contribution in [2.75, 3.05) is 53.1 Å². The van der Waals surface area contributed by atoms with Crippen molar-refractivity contribution in [1.29, 1.82) is 0 Å². The molecule has 1 aliphatic heterocycles. The van der Waals surface area contributed by atoms with Crippen LogP contribution < -0.4 is 5.32 Å². The molecule has 1 rings (SSSR count). The van der Waals surface area contributed by atoms with Gasteiger partial charge in [0.1, 0.15) is 0 Å². The zero-order valence-electron chi connectivity index (χ0n) is 10.0. The molecular formula is C11H22N2O3. The van der Waals surface area contributed by atoms with Crippen LogP contribution in [-0.2, 0) is 14.3 Å². The Bertz CT molecular complexity index is 190. The fourth-order valence-electron chi connectivity index (χ4n) is 1.65. The Morgan fingerprint density at radius 3 is 3.06 bits per heavy atom. The highest BCUT2D eigenvalue weighted by atomic mass is 16.5. The van der Waals surface area contributed by atoms with Crippen LogP contribution in [0.15, 0.2) is 0 Å². The predicted octanol–water partition coefficient (Wildman–Crippen LogP) is -0.139. The molecule has 1 aliphatic rings. The number of nitrogens with one attached hydrogen (secondary N) is 1. The van der Waals surface area contributed by atoms with Crippen LogP contribution in [0.2, 0.25) is 0 Å². The minimum absolute atomic E-state index is 0.158. The first kappa shape index (κ1) is 13.4. The normalized spacial score (nSPS) is 19.4. The van der Waals surface area contributed by atoms with Gasteiger partial charge in [-0.3, -0.25) is 4.79 Å². The lowest BCUT2D eigenvalue weighted by atomic mass is 10.3. The third kappa shape index (κ3) is 5.44. The molecule has 1 saturated heterocycles. The summed E-state index contributed by atoms with van der Waals surface area (Å²) in [5, 5.41) is 3.27. The Balaban J connectivity index is 2.31. The molecular weight excluding hydrogens is 208 g/mol. The van der Waals surface area contributed by atoms with Crippen molar-refractivity contribution in [1.82, 2.24) is 10.2 Å². The van der Waals surface area contributed by atoms with E-state index in [1.165, 1.54) is 0 Å². The van der Waals surface area contributed by atoms with Crippen molar-refractivity contribution < 1.29 is 14.3 Å². The second kappa shape index (κ2) is 8.50. The lowest BCUT2D eigenvalue weighted by Crippen LogP contribution is -2.38. The van der Waals surface area contributed by atoms with Gasteiger partial charge in [-0.25, -0.2) is 0 Å². The summed E-state index contributed by atoms with van der Waals surface area (Å²) in [5.41, 5.74) is 0. The minimum Gasteiger partial charge on any atom is -0.384 e. The van der Waals surface area contributed by atoms with E-state index in [4.69, 9.17) is 9.47 Å². The van der Waals surface area contributed by atoms with Crippen molar-refractivity contribution in [2.45, 2.75) is 12.8 Å². The minimum atomic E-state index is 0.158. The fraction of sp³-hybridized carbons (Fsp3) is 0.909. The standard InChI is InChI=1S/C11H22N2O3/c1-15-8-3-11(14)13-6-2-4-12-5-9-16-10-7-13/h12H,2-10H2,1H3. The molecule has 1 N–H and O–H groups in total. The molecule has 0 aromatic carbocycles. The van der Waals surface area contributed by atoms with Gasteiger partial charge in [-0.15, -0.1) is 0 Å². The summed E-state index contributed by atoms with van der Waals surface area (Å²) in [6, 6.07) is 0. The van der Waals surface area contributed by atoms with E-state index in [0.29, 0.717) is 26.2 Å². The molecule has 16 heavy (non-hydrogen) atoms. The molecule has 0 aromatic heterocycles. The number of carbonyl (C=O) groups excluding carboxylic acids is 1. The zero-order chi connectivity index (χ0) is 11.6. The molecule has 0 atom stereocenters. The summed E-state index contributed by atoms with van der Waals surface area (Å²) in [7, 11) is 1.61. The van der Waals surface area contributed by atoms with E-state index in [9.17, 15) is 4.79 Å². The number of hydrogen-bond acceptors (Lipinski definition) is 4. The van der Waals surface area contributed by atoms with Gasteiger partial charge in [0.2, 0.25) is 5.91 Å². The van der Waals surface area contributed by atoms with Gasteiger partial charge < -0.3 is 19.7 Å². The van der Waals surface area contributed by atoms with Gasteiger partial charge in [0.25, 0.3) is 0 Å². The van der Waals surface area contributed by atoms with Gasteiger partial charge in [-0.05, 0) is 13.0 Å². The highest BCUT2D eigenvalue weighted by molar-refractivity contribution is 5.76. The first-order chi connectivity index (χ1) is 7.84. The highest BCUT2D eigenvalue weighted by Crippen LogP contribution is 1.98. The maximum absolute atomic E-state index is 11.8. The lowest BCUT2D eigenvalue weighted by molar-refractivity contribution is -0.133. The van der Waals surface area contributed by atoms with Crippen LogP contribution in [0.4, 0.5) is 0 Å². The zero-order valence-corrected chi connectivity index (χ0v) is 10.0. The van der Waals surface area contributed by atoms with Gasteiger partial charge in [-0.1, -0.05) is 0 Å². The van der Waals surface area contributed by atoms with Gasteiger partial charge in [0, 0.05) is 26.7 Å². The summed E-state index contributed by atoms with van der Waals surface area (Å²) in [6.07, 6.45) is 1.46. The van der Waals surface area contributed by atoms with Crippen LogP contribution in [-0.4, -0.2) is 63.9 Å². The number of ether oxygens (including phenoxy) is 2. The topological polar surface area (TPSA) is 50.8 Å². The summed E-state index contributed by atoms with van der Waals surface area (Å²) >= 11 is 0. The largest absolute Gasteiger partial charge is 0.384 e. The third-order valence-electron chi connectivity index (χ3n) is 2.58. The van der Waals surface area contributed by atoms with Crippen LogP contribution in [0, 0.1) is 0 Å². The third-order valence-corrected chi connectivity index (χ3v) is 2.58. The molecule has 0 saturated carbocycles. The first-order valence-corrected chi connectivity index (χ1v) is 5.90. The van der Waals surface area contributed by atoms with Crippen LogP contribution in [0.3, 0.4) is 0 Å². The second-order valence-electron chi connectivity index (χ2n) is 3.84. The van der Waals surface area contributed by atoms with Crippen molar-refractivity contribution >= 4 is 5.91 Å². The molecule has 94 valence electrons. The molecule has 0 unspecified atom stereocenters. The molecule has 0 radical (unpaired) electrons. The molecule has 0 bridgehead atoms. The van der Waals surface area contributed by atoms with Crippen molar-refractivity contribution in [3.8, 4) is 0 Å². The van der Waals surface area contributed by atoms with E-state index in [1.807, 2.05) is 4.90 Å². The smallest absolute Gasteiger partial charge is 0.224 e. The SMILES string of the molecule is COCCC(=O)N1CCCNCCOCC1. The Labute approximate surface area is 97.1 Å². The molecule has 5 nitrogen and oxygen atoms in total. The van der Waals surface area contributed by atoms with Crippen LogP contribution >= 0.6 is 0 Å². The summed E-state index contributed by atoms with van der Waals surface area (Å²) < 4.78 is 10.3. The number of hydrogen-bond donors (Lipinski definition) is 1. The number of carbonyl (C=O) groups is 1. The van der Waals surface area contributed by atoms with Gasteiger partial charge in [-0.2, -0.15) is 0 Å². The number of rotatable bonds is 3. The maximum atomic E-state index is 11.8. The molecule has 1 heterocycles. The average Bonchev–Trinajstić information content (AvgIpc) is 2.32. The number of amides is 1. The van der Waals surface area contributed by atoms with E-state index < -0.39 is 0 Å². The van der Waals surface area contributed by atoms with E-state index in [2.05, 4.69) is 5.32 Å². The van der Waals surface area contributed by atoms with E-state index in [0.717, 1.165) is 32.7 Å². The number of nitrogens with zero attached hydrogens (tertiary/aromatic N) is 1. The van der Waals surface area contributed by atoms with Crippen LogP contribution in [0.25, 0.3) is 0 Å². The number of methoxy groups -OCH3 is 1. The van der Waals surface area contributed by atoms with Crippen molar-refractivity contribution in [3.63, 3.8) is 0 Å². The Morgan fingerprint density at radius 1 is 1.38 bits per heavy atom. The van der Waals surface area contributed by atoms with Gasteiger partial charge in [0.15, 0.2) is 0 Å². The molecule has 1 amide bonds. The van der Waals surface area contributed by atoms with Crippen LogP contribution in [0.5, 0.6) is 0 Å². The molecule has 0 aliphatic carbocycles. The molecule has 0 spiro atoms. The monoisotopic (exact) mass is 230 g/mol. The quantitative estimate of drug-likeness (QED) is 0.733. The van der Waals surface area contributed by atoms with Crippen LogP contribution in [0.1, 0.15) is 12.8 Å². The summed E-state index contributed by atoms with van der Waals surface area (Å²) in [6.45, 7) is 5.19. The molecule has 5 heteroatoms. The van der Waals surface area contributed by atoms with Crippen molar-refractivity contribution in [2.24, 2.45) is 0 Å². The Hall–Kier alpha value is -0.650. The van der Waals surface area contributed by atoms with E-state index in [-0.39, 0.29) is 5.91 Å². The van der Waals surface area contributed by atoms with E-state index in [1.54, 1.807) is 7.11 Å². The average molecular weight is 230 g/mol. The maximum Gasteiger partial charge on any atom is 0.224 e. The highest BCUT2D eigenvalue weighted by Gasteiger charge is 2.13. The second-order valence-corrected chi connectivity index (χ2v) is 3.84. The van der Waals surface area contributed by atoms with Gasteiger partial charge >= 0.3 is 0 Å². The van der Waals surface area contributed by atoms with E-state index >= 15 is 0 Å². The lowest BCUT2D eigenvalue weighted by Gasteiger charge is -2.24. The molecule has 0 aromatic rings. The Kier molecular flexibility index (Phi) is 7.12. The predicted molar refractivity (Wildman–Crippen MR) is 61.4 cm³/mol. The van der Waals surface area contributed by atoms with Gasteiger partial charge in [0.05, 0.1) is 26.2 Å². The molecule has 1 fully saturated rings. The summed E-state index contributed by atoms with van der Waals surface area (Å²) in [5.74, 6) is 0.158. The summed E-state index contributed by atoms with van der Waals surface area (Å²) in [4.78, 5) is 13.7. The first-order valence-electron chi connectivity index (χ1n) is 5.90. The fourth-order valence-corrected chi connectivity index (χ4v) is 1.65.